The summed E-state index contributed by atoms with van der Waals surface area (Å²) < 4.78 is 14.4. The molecule has 0 aromatic rings. The molecule has 0 aliphatic carbocycles. The Bertz CT molecular complexity index is 524. The molecule has 0 rings (SSSR count). The van der Waals surface area contributed by atoms with Gasteiger partial charge in [0, 0.05) is 5.41 Å². The second kappa shape index (κ2) is 15.7. The lowest BCUT2D eigenvalue weighted by atomic mass is 9.90. The van der Waals surface area contributed by atoms with E-state index in [2.05, 4.69) is 11.3 Å². The number of methoxy groups -OCH3 is 1. The first kappa shape index (κ1) is 32.6. The number of amides is 1. The van der Waals surface area contributed by atoms with Gasteiger partial charge in [0.2, 0.25) is 5.91 Å². The molecule has 0 unspecified atom stereocenters. The van der Waals surface area contributed by atoms with Crippen LogP contribution in [0.5, 0.6) is 0 Å². The van der Waals surface area contributed by atoms with Gasteiger partial charge >= 0.3 is 11.9 Å². The van der Waals surface area contributed by atoms with E-state index in [4.69, 9.17) is 15.2 Å². The Kier molecular flexibility index (Phi) is 17.1. The standard InChI is InChI=1S/C10H18O3.C7H14O2.C6H13NO/c1-5-10(3,4)9(11)13-8-7-12-6-2;1-5-7(2,3)6(8)9-4;1-4-6(2,3)5(7)8/h6H,2,5,7-8H2,1,3-4H3;5H2,1-4H3;4H2,1-3H3,(H2,7,8). The lowest BCUT2D eigenvalue weighted by Crippen LogP contribution is -2.30. The molecule has 178 valence electrons. The highest BCUT2D eigenvalue weighted by Crippen LogP contribution is 2.21. The maximum absolute atomic E-state index is 11.4. The summed E-state index contributed by atoms with van der Waals surface area (Å²) >= 11 is 0. The Morgan fingerprint density at radius 1 is 0.800 bits per heavy atom. The Morgan fingerprint density at radius 3 is 1.43 bits per heavy atom. The minimum Gasteiger partial charge on any atom is -0.498 e. The van der Waals surface area contributed by atoms with E-state index in [-0.39, 0.29) is 35.3 Å². The van der Waals surface area contributed by atoms with Crippen LogP contribution >= 0.6 is 0 Å². The molecule has 0 saturated heterocycles. The van der Waals surface area contributed by atoms with Gasteiger partial charge in [-0.15, -0.1) is 0 Å². The minimum atomic E-state index is -0.395. The molecular formula is C23H45NO6. The van der Waals surface area contributed by atoms with E-state index in [0.29, 0.717) is 6.61 Å². The van der Waals surface area contributed by atoms with Crippen LogP contribution in [0.3, 0.4) is 0 Å². The van der Waals surface area contributed by atoms with Crippen LogP contribution in [0.4, 0.5) is 0 Å². The summed E-state index contributed by atoms with van der Waals surface area (Å²) in [6.45, 7) is 21.1. The molecule has 0 fully saturated rings. The van der Waals surface area contributed by atoms with Crippen molar-refractivity contribution in [2.45, 2.75) is 81.6 Å². The number of rotatable bonds is 10. The van der Waals surface area contributed by atoms with Crippen molar-refractivity contribution in [1.82, 2.24) is 0 Å². The highest BCUT2D eigenvalue weighted by molar-refractivity contribution is 5.79. The zero-order valence-electron chi connectivity index (χ0n) is 20.8. The van der Waals surface area contributed by atoms with Gasteiger partial charge in [0.25, 0.3) is 0 Å². The van der Waals surface area contributed by atoms with Crippen LogP contribution in [0.1, 0.15) is 81.6 Å². The summed E-state index contributed by atoms with van der Waals surface area (Å²) in [6.07, 6.45) is 3.73. The molecule has 0 saturated carbocycles. The Morgan fingerprint density at radius 2 is 1.20 bits per heavy atom. The molecule has 0 aliphatic heterocycles. The first-order valence-corrected chi connectivity index (χ1v) is 10.4. The van der Waals surface area contributed by atoms with Gasteiger partial charge in [0.15, 0.2) is 0 Å². The van der Waals surface area contributed by atoms with Gasteiger partial charge in [0.05, 0.1) is 24.2 Å². The van der Waals surface area contributed by atoms with Gasteiger partial charge in [-0.1, -0.05) is 41.2 Å². The van der Waals surface area contributed by atoms with E-state index >= 15 is 0 Å². The van der Waals surface area contributed by atoms with Crippen molar-refractivity contribution in [3.63, 3.8) is 0 Å². The third kappa shape index (κ3) is 14.9. The number of nitrogens with two attached hydrogens (primary N) is 1. The van der Waals surface area contributed by atoms with E-state index in [1.165, 1.54) is 13.4 Å². The molecule has 7 heteroatoms. The fraction of sp³-hybridized carbons (Fsp3) is 0.783. The maximum Gasteiger partial charge on any atom is 0.311 e. The lowest BCUT2D eigenvalue weighted by molar-refractivity contribution is -0.155. The maximum atomic E-state index is 11.4. The van der Waals surface area contributed by atoms with Crippen molar-refractivity contribution in [3.8, 4) is 0 Å². The monoisotopic (exact) mass is 431 g/mol. The number of carbonyl (C=O) groups is 3. The second-order valence-electron chi connectivity index (χ2n) is 8.74. The topological polar surface area (TPSA) is 105 Å². The number of ether oxygens (including phenoxy) is 3. The van der Waals surface area contributed by atoms with Gasteiger partial charge in [-0.05, 0) is 47.0 Å². The number of esters is 2. The van der Waals surface area contributed by atoms with Crippen LogP contribution in [0.2, 0.25) is 0 Å². The van der Waals surface area contributed by atoms with Crippen molar-refractivity contribution < 1.29 is 28.6 Å². The molecule has 0 aliphatic rings. The summed E-state index contributed by atoms with van der Waals surface area (Å²) in [5, 5.41) is 0. The molecule has 2 N–H and O–H groups in total. The smallest absolute Gasteiger partial charge is 0.311 e. The Labute approximate surface area is 183 Å². The van der Waals surface area contributed by atoms with Crippen molar-refractivity contribution in [3.05, 3.63) is 12.8 Å². The minimum absolute atomic E-state index is 0.134. The fourth-order valence-corrected chi connectivity index (χ4v) is 1.20. The van der Waals surface area contributed by atoms with Crippen molar-refractivity contribution in [2.24, 2.45) is 22.0 Å². The quantitative estimate of drug-likeness (QED) is 0.307. The van der Waals surface area contributed by atoms with Gasteiger partial charge in [-0.2, -0.15) is 0 Å². The van der Waals surface area contributed by atoms with Crippen LogP contribution in [0.15, 0.2) is 12.8 Å². The summed E-state index contributed by atoms with van der Waals surface area (Å²) in [5.74, 6) is -0.535. The molecule has 7 nitrogen and oxygen atoms in total. The summed E-state index contributed by atoms with van der Waals surface area (Å²) in [4.78, 5) is 32.7. The molecule has 0 spiro atoms. The Hall–Kier alpha value is -2.05. The van der Waals surface area contributed by atoms with Crippen LogP contribution in [0.25, 0.3) is 0 Å². The molecule has 0 bridgehead atoms. The summed E-state index contributed by atoms with van der Waals surface area (Å²) in [7, 11) is 1.42. The SMILES string of the molecule is C=COCCOC(=O)C(C)(C)CC.CCC(C)(C)C(=O)OC.CCC(C)(C)C(N)=O. The third-order valence-corrected chi connectivity index (χ3v) is 5.16. The Balaban J connectivity index is -0.000000379. The fourth-order valence-electron chi connectivity index (χ4n) is 1.20. The second-order valence-corrected chi connectivity index (χ2v) is 8.74. The van der Waals surface area contributed by atoms with Crippen LogP contribution in [0, 0.1) is 16.2 Å². The molecule has 0 atom stereocenters. The average molecular weight is 432 g/mol. The van der Waals surface area contributed by atoms with Crippen molar-refractivity contribution in [1.29, 1.82) is 0 Å². The van der Waals surface area contributed by atoms with Gasteiger partial charge < -0.3 is 19.9 Å². The summed E-state index contributed by atoms with van der Waals surface area (Å²) in [5.41, 5.74) is 4.02. The predicted octanol–water partition coefficient (Wildman–Crippen LogP) is 4.63. The van der Waals surface area contributed by atoms with E-state index in [0.717, 1.165) is 19.3 Å². The van der Waals surface area contributed by atoms with Gasteiger partial charge in [-0.25, -0.2) is 0 Å². The number of primary amides is 1. The largest absolute Gasteiger partial charge is 0.498 e. The number of hydrogen-bond donors (Lipinski definition) is 1. The van der Waals surface area contributed by atoms with E-state index in [1.54, 1.807) is 0 Å². The van der Waals surface area contributed by atoms with Crippen molar-refractivity contribution >= 4 is 17.8 Å². The van der Waals surface area contributed by atoms with Crippen LogP contribution < -0.4 is 5.73 Å². The number of carbonyl (C=O) groups excluding carboxylic acids is 3. The van der Waals surface area contributed by atoms with E-state index < -0.39 is 5.41 Å². The molecular weight excluding hydrogens is 386 g/mol. The highest BCUT2D eigenvalue weighted by Gasteiger charge is 2.27. The molecule has 1 amide bonds. The zero-order valence-corrected chi connectivity index (χ0v) is 20.8. The molecule has 0 aromatic heterocycles. The van der Waals surface area contributed by atoms with Crippen LogP contribution in [-0.2, 0) is 28.6 Å². The molecule has 0 heterocycles. The first-order valence-electron chi connectivity index (χ1n) is 10.4. The third-order valence-electron chi connectivity index (χ3n) is 5.16. The molecule has 30 heavy (non-hydrogen) atoms. The van der Waals surface area contributed by atoms with Gasteiger partial charge in [0.1, 0.15) is 13.2 Å². The number of hydrogen-bond acceptors (Lipinski definition) is 6. The summed E-state index contributed by atoms with van der Waals surface area (Å²) in [6, 6.07) is 0. The van der Waals surface area contributed by atoms with Crippen molar-refractivity contribution in [2.75, 3.05) is 20.3 Å². The normalized spacial score (nSPS) is 11.0. The molecule has 0 radical (unpaired) electrons. The molecule has 0 aromatic carbocycles. The van der Waals surface area contributed by atoms with Gasteiger partial charge in [-0.3, -0.25) is 14.4 Å². The first-order chi connectivity index (χ1) is 13.6. The predicted molar refractivity (Wildman–Crippen MR) is 121 cm³/mol. The van der Waals surface area contributed by atoms with E-state index in [1.807, 2.05) is 62.3 Å². The average Bonchev–Trinajstić information content (AvgIpc) is 2.70. The lowest BCUT2D eigenvalue weighted by Gasteiger charge is -2.19. The van der Waals surface area contributed by atoms with E-state index in [9.17, 15) is 14.4 Å². The van der Waals surface area contributed by atoms with Crippen LogP contribution in [-0.4, -0.2) is 38.2 Å². The zero-order chi connectivity index (χ0) is 24.6. The highest BCUT2D eigenvalue weighted by atomic mass is 16.6.